The summed E-state index contributed by atoms with van der Waals surface area (Å²) in [7, 11) is 0. The highest BCUT2D eigenvalue weighted by molar-refractivity contribution is 6.32. The van der Waals surface area contributed by atoms with E-state index < -0.39 is 5.91 Å². The molecule has 0 bridgehead atoms. The van der Waals surface area contributed by atoms with Crippen LogP contribution in [0.1, 0.15) is 27.4 Å². The fraction of sp³-hybridized carbons (Fsp3) is 0.214. The maximum absolute atomic E-state index is 11.2. The molecule has 0 aliphatic rings. The van der Waals surface area contributed by atoms with Gasteiger partial charge in [-0.15, -0.1) is 0 Å². The average molecular weight is 295 g/mol. The van der Waals surface area contributed by atoms with E-state index in [4.69, 9.17) is 26.6 Å². The Hall–Kier alpha value is -1.98. The van der Waals surface area contributed by atoms with Crippen molar-refractivity contribution in [2.24, 2.45) is 5.84 Å². The van der Waals surface area contributed by atoms with Crippen LogP contribution in [0.4, 0.5) is 0 Å². The number of nitrogens with one attached hydrogen (secondary N) is 1. The Labute approximate surface area is 121 Å². The number of hydrazine groups is 1. The Balaban J connectivity index is 2.05. The Kier molecular flexibility index (Phi) is 4.32. The molecule has 0 aliphatic heterocycles. The van der Waals surface area contributed by atoms with Crippen molar-refractivity contribution in [3.05, 3.63) is 51.9 Å². The predicted octanol–water partition coefficient (Wildman–Crippen LogP) is 2.73. The zero-order valence-corrected chi connectivity index (χ0v) is 12.0. The standard InChI is InChI=1S/C14H15ClN2O3/c1-8-5-11(6-9(2)13(8)15)19-7-10-3-4-12(20-10)14(18)17-16/h3-6H,7,16H2,1-2H3,(H,17,18). The highest BCUT2D eigenvalue weighted by Gasteiger charge is 2.10. The molecule has 0 aliphatic carbocycles. The van der Waals surface area contributed by atoms with E-state index in [1.54, 1.807) is 12.1 Å². The summed E-state index contributed by atoms with van der Waals surface area (Å²) in [6, 6.07) is 6.91. The van der Waals surface area contributed by atoms with Crippen molar-refractivity contribution in [3.8, 4) is 5.75 Å². The number of amides is 1. The number of furan rings is 1. The molecule has 1 amide bonds. The van der Waals surface area contributed by atoms with Gasteiger partial charge in [0.05, 0.1) is 0 Å². The fourth-order valence-electron chi connectivity index (χ4n) is 1.79. The summed E-state index contributed by atoms with van der Waals surface area (Å²) in [4.78, 5) is 11.2. The van der Waals surface area contributed by atoms with Gasteiger partial charge in [-0.25, -0.2) is 5.84 Å². The van der Waals surface area contributed by atoms with E-state index in [1.807, 2.05) is 31.4 Å². The van der Waals surface area contributed by atoms with Crippen molar-refractivity contribution in [2.45, 2.75) is 20.5 Å². The first-order chi connectivity index (χ1) is 9.51. The molecule has 1 aromatic carbocycles. The van der Waals surface area contributed by atoms with Gasteiger partial charge in [0.2, 0.25) is 0 Å². The van der Waals surface area contributed by atoms with Crippen molar-refractivity contribution >= 4 is 17.5 Å². The molecule has 0 radical (unpaired) electrons. The lowest BCUT2D eigenvalue weighted by Gasteiger charge is -2.08. The second-order valence-electron chi connectivity index (χ2n) is 4.40. The van der Waals surface area contributed by atoms with Crippen LogP contribution in [-0.4, -0.2) is 5.91 Å². The fourth-order valence-corrected chi connectivity index (χ4v) is 1.90. The first kappa shape index (κ1) is 14.4. The van der Waals surface area contributed by atoms with Crippen LogP contribution in [0.5, 0.6) is 5.75 Å². The van der Waals surface area contributed by atoms with E-state index in [9.17, 15) is 4.79 Å². The molecule has 0 atom stereocenters. The van der Waals surface area contributed by atoms with Crippen LogP contribution in [-0.2, 0) is 6.61 Å². The van der Waals surface area contributed by atoms with E-state index in [0.717, 1.165) is 16.1 Å². The third-order valence-electron chi connectivity index (χ3n) is 2.81. The SMILES string of the molecule is Cc1cc(OCc2ccc(C(=O)NN)o2)cc(C)c1Cl. The average Bonchev–Trinajstić information content (AvgIpc) is 2.90. The van der Waals surface area contributed by atoms with Crippen LogP contribution < -0.4 is 16.0 Å². The number of nitrogen functional groups attached to an aromatic ring is 1. The first-order valence-corrected chi connectivity index (χ1v) is 6.38. The Bertz CT molecular complexity index is 614. The lowest BCUT2D eigenvalue weighted by molar-refractivity contribution is 0.0922. The molecule has 20 heavy (non-hydrogen) atoms. The molecular formula is C14H15ClN2O3. The summed E-state index contributed by atoms with van der Waals surface area (Å²) < 4.78 is 10.9. The molecule has 1 aromatic heterocycles. The second kappa shape index (κ2) is 5.98. The molecule has 5 nitrogen and oxygen atoms in total. The maximum atomic E-state index is 11.2. The first-order valence-electron chi connectivity index (χ1n) is 6.00. The topological polar surface area (TPSA) is 77.5 Å². The van der Waals surface area contributed by atoms with Crippen molar-refractivity contribution in [2.75, 3.05) is 0 Å². The van der Waals surface area contributed by atoms with E-state index in [0.29, 0.717) is 11.5 Å². The van der Waals surface area contributed by atoms with Gasteiger partial charge in [-0.05, 0) is 49.2 Å². The summed E-state index contributed by atoms with van der Waals surface area (Å²) in [6.45, 7) is 4.05. The van der Waals surface area contributed by atoms with Crippen LogP contribution in [0, 0.1) is 13.8 Å². The van der Waals surface area contributed by atoms with E-state index in [2.05, 4.69) is 0 Å². The van der Waals surface area contributed by atoms with E-state index in [1.165, 1.54) is 0 Å². The van der Waals surface area contributed by atoms with Crippen molar-refractivity contribution in [3.63, 3.8) is 0 Å². The van der Waals surface area contributed by atoms with Crippen LogP contribution in [0.2, 0.25) is 5.02 Å². The van der Waals surface area contributed by atoms with Crippen LogP contribution >= 0.6 is 11.6 Å². The van der Waals surface area contributed by atoms with Gasteiger partial charge >= 0.3 is 5.91 Å². The van der Waals surface area contributed by atoms with Gasteiger partial charge in [-0.2, -0.15) is 0 Å². The van der Waals surface area contributed by atoms with Crippen LogP contribution in [0.25, 0.3) is 0 Å². The van der Waals surface area contributed by atoms with Gasteiger partial charge in [0, 0.05) is 5.02 Å². The van der Waals surface area contributed by atoms with Gasteiger partial charge in [0.15, 0.2) is 5.76 Å². The molecule has 0 saturated heterocycles. The number of rotatable bonds is 4. The molecule has 0 unspecified atom stereocenters. The Morgan fingerprint density at radius 3 is 2.60 bits per heavy atom. The van der Waals surface area contributed by atoms with Crippen molar-refractivity contribution in [1.82, 2.24) is 5.43 Å². The molecular weight excluding hydrogens is 280 g/mol. The van der Waals surface area contributed by atoms with Crippen LogP contribution in [0.15, 0.2) is 28.7 Å². The molecule has 2 aromatic rings. The minimum absolute atomic E-state index is 0.148. The number of carbonyl (C=O) groups is 1. The second-order valence-corrected chi connectivity index (χ2v) is 4.78. The highest BCUT2D eigenvalue weighted by Crippen LogP contribution is 2.26. The van der Waals surface area contributed by atoms with Crippen LogP contribution in [0.3, 0.4) is 0 Å². The number of benzene rings is 1. The summed E-state index contributed by atoms with van der Waals surface area (Å²) >= 11 is 6.09. The summed E-state index contributed by atoms with van der Waals surface area (Å²) in [5.41, 5.74) is 3.90. The van der Waals surface area contributed by atoms with Gasteiger partial charge in [-0.3, -0.25) is 10.2 Å². The van der Waals surface area contributed by atoms with Crippen molar-refractivity contribution < 1.29 is 13.9 Å². The van der Waals surface area contributed by atoms with Crippen molar-refractivity contribution in [1.29, 1.82) is 0 Å². The quantitative estimate of drug-likeness (QED) is 0.516. The Morgan fingerprint density at radius 2 is 2.00 bits per heavy atom. The third kappa shape index (κ3) is 3.12. The number of ether oxygens (including phenoxy) is 1. The monoisotopic (exact) mass is 294 g/mol. The lowest BCUT2D eigenvalue weighted by Crippen LogP contribution is -2.29. The largest absolute Gasteiger partial charge is 0.486 e. The summed E-state index contributed by atoms with van der Waals surface area (Å²) in [5.74, 6) is 5.93. The lowest BCUT2D eigenvalue weighted by atomic mass is 10.1. The van der Waals surface area contributed by atoms with Gasteiger partial charge in [-0.1, -0.05) is 11.6 Å². The Morgan fingerprint density at radius 1 is 1.35 bits per heavy atom. The number of hydrogen-bond acceptors (Lipinski definition) is 4. The van der Waals surface area contributed by atoms with Gasteiger partial charge in [0.25, 0.3) is 0 Å². The summed E-state index contributed by atoms with van der Waals surface area (Å²) in [5, 5.41) is 0.734. The smallest absolute Gasteiger partial charge is 0.300 e. The molecule has 0 saturated carbocycles. The molecule has 3 N–H and O–H groups in total. The highest BCUT2D eigenvalue weighted by atomic mass is 35.5. The zero-order chi connectivity index (χ0) is 14.7. The number of aryl methyl sites for hydroxylation is 2. The van der Waals surface area contributed by atoms with E-state index >= 15 is 0 Å². The van der Waals surface area contributed by atoms with Gasteiger partial charge in [0.1, 0.15) is 18.1 Å². The third-order valence-corrected chi connectivity index (χ3v) is 3.40. The minimum atomic E-state index is -0.477. The molecule has 2 rings (SSSR count). The number of nitrogens with two attached hydrogens (primary N) is 1. The minimum Gasteiger partial charge on any atom is -0.486 e. The molecule has 0 spiro atoms. The van der Waals surface area contributed by atoms with E-state index in [-0.39, 0.29) is 12.4 Å². The number of halogens is 1. The predicted molar refractivity (Wildman–Crippen MR) is 75.6 cm³/mol. The molecule has 0 fully saturated rings. The normalized spacial score (nSPS) is 10.4. The maximum Gasteiger partial charge on any atom is 0.300 e. The number of hydrogen-bond donors (Lipinski definition) is 2. The number of carbonyl (C=O) groups excluding carboxylic acids is 1. The molecule has 6 heteroatoms. The van der Waals surface area contributed by atoms with Gasteiger partial charge < -0.3 is 9.15 Å². The molecule has 1 heterocycles. The molecule has 106 valence electrons. The zero-order valence-electron chi connectivity index (χ0n) is 11.2. The summed E-state index contributed by atoms with van der Waals surface area (Å²) in [6.07, 6.45) is 0.